The van der Waals surface area contributed by atoms with E-state index in [1.807, 2.05) is 13.8 Å². The maximum absolute atomic E-state index is 12.5. The normalized spacial score (nSPS) is 11.8. The van der Waals surface area contributed by atoms with Gasteiger partial charge in [0, 0.05) is 12.0 Å². The lowest BCUT2D eigenvalue weighted by Crippen LogP contribution is -2.31. The smallest absolute Gasteiger partial charge is 0.508 e. The van der Waals surface area contributed by atoms with Crippen LogP contribution in [0.15, 0.2) is 79.1 Å². The summed E-state index contributed by atoms with van der Waals surface area (Å²) in [6, 6.07) is 19.2. The number of hydrogen-bond donors (Lipinski definition) is 1. The van der Waals surface area contributed by atoms with Gasteiger partial charge in [-0.25, -0.2) is 9.67 Å². The third-order valence-electron chi connectivity index (χ3n) is 5.34. The summed E-state index contributed by atoms with van der Waals surface area (Å²) in [5.41, 5.74) is 2.21. The van der Waals surface area contributed by atoms with Gasteiger partial charge >= 0.3 is 12.3 Å². The van der Waals surface area contributed by atoms with Crippen LogP contribution in [-0.2, 0) is 22.4 Å². The second-order valence-electron chi connectivity index (χ2n) is 9.01. The van der Waals surface area contributed by atoms with Crippen molar-refractivity contribution in [2.24, 2.45) is 0 Å². The highest BCUT2D eigenvalue weighted by Crippen LogP contribution is 2.24. The third kappa shape index (κ3) is 7.33. The highest BCUT2D eigenvalue weighted by Gasteiger charge is 2.31. The minimum absolute atomic E-state index is 0.0908. The first-order valence-electron chi connectivity index (χ1n) is 11.3. The molecular weight excluding hydrogens is 487 g/mol. The van der Waals surface area contributed by atoms with Gasteiger partial charge in [0.05, 0.1) is 12.1 Å². The fraction of sp³-hybridized carbons (Fsp3) is 0.222. The lowest BCUT2D eigenvalue weighted by atomic mass is 9.98. The second kappa shape index (κ2) is 10.3. The molecule has 0 bridgehead atoms. The van der Waals surface area contributed by atoms with Gasteiger partial charge in [-0.05, 0) is 61.4 Å². The van der Waals surface area contributed by atoms with Gasteiger partial charge in [0.1, 0.15) is 23.4 Å². The second-order valence-corrected chi connectivity index (χ2v) is 9.01. The van der Waals surface area contributed by atoms with Crippen LogP contribution in [0.25, 0.3) is 17.1 Å². The summed E-state index contributed by atoms with van der Waals surface area (Å²) in [6.07, 6.45) is -2.71. The number of benzene rings is 3. The first-order chi connectivity index (χ1) is 17.5. The number of aromatic hydroxyl groups is 1. The Morgan fingerprint density at radius 3 is 2.16 bits per heavy atom. The molecular formula is C27H24F3N3O4. The number of aromatic nitrogens is 3. The van der Waals surface area contributed by atoms with Crippen molar-refractivity contribution in [1.29, 1.82) is 0 Å². The van der Waals surface area contributed by atoms with E-state index in [1.165, 1.54) is 35.3 Å². The molecule has 3 aromatic carbocycles. The van der Waals surface area contributed by atoms with Crippen molar-refractivity contribution < 1.29 is 32.5 Å². The van der Waals surface area contributed by atoms with E-state index in [-0.39, 0.29) is 23.9 Å². The van der Waals surface area contributed by atoms with Crippen molar-refractivity contribution in [3.8, 4) is 28.6 Å². The molecule has 192 valence electrons. The van der Waals surface area contributed by atoms with Gasteiger partial charge in [0.15, 0.2) is 5.82 Å². The predicted molar refractivity (Wildman–Crippen MR) is 129 cm³/mol. The molecule has 0 spiro atoms. The van der Waals surface area contributed by atoms with Crippen LogP contribution in [-0.4, -0.2) is 37.8 Å². The summed E-state index contributed by atoms with van der Waals surface area (Å²) in [7, 11) is 0. The molecule has 37 heavy (non-hydrogen) atoms. The number of phenols is 1. The van der Waals surface area contributed by atoms with Crippen LogP contribution in [0.4, 0.5) is 13.2 Å². The minimum Gasteiger partial charge on any atom is -0.508 e. The molecule has 10 heteroatoms. The summed E-state index contributed by atoms with van der Waals surface area (Å²) < 4.78 is 48.0. The fourth-order valence-corrected chi connectivity index (χ4v) is 3.74. The van der Waals surface area contributed by atoms with Crippen molar-refractivity contribution in [3.63, 3.8) is 0 Å². The zero-order valence-corrected chi connectivity index (χ0v) is 20.1. The Bertz CT molecular complexity index is 1350. The lowest BCUT2D eigenvalue weighted by molar-refractivity contribution is -0.274. The highest BCUT2D eigenvalue weighted by molar-refractivity contribution is 5.73. The van der Waals surface area contributed by atoms with E-state index in [1.54, 1.807) is 48.5 Å². The van der Waals surface area contributed by atoms with Gasteiger partial charge in [-0.2, -0.15) is 0 Å². The number of halogens is 3. The molecule has 7 nitrogen and oxygen atoms in total. The molecule has 0 atom stereocenters. The number of hydrogen-bond acceptors (Lipinski definition) is 6. The quantitative estimate of drug-likeness (QED) is 0.308. The SMILES string of the molecule is CC(C)(Cc1ccc(O)cc1)OC(=O)Cc1ccc(-c2ncn(-c3ccc(OC(F)(F)F)cc3)n2)cc1. The van der Waals surface area contributed by atoms with E-state index in [4.69, 9.17) is 4.74 Å². The summed E-state index contributed by atoms with van der Waals surface area (Å²) in [5.74, 6) is -0.0938. The number of alkyl halides is 3. The zero-order chi connectivity index (χ0) is 26.6. The van der Waals surface area contributed by atoms with E-state index in [2.05, 4.69) is 14.8 Å². The van der Waals surface area contributed by atoms with Crippen LogP contribution in [0.3, 0.4) is 0 Å². The number of carbonyl (C=O) groups excluding carboxylic acids is 1. The van der Waals surface area contributed by atoms with Crippen molar-refractivity contribution in [1.82, 2.24) is 14.8 Å². The summed E-state index contributed by atoms with van der Waals surface area (Å²) in [5, 5.41) is 13.8. The highest BCUT2D eigenvalue weighted by atomic mass is 19.4. The standard InChI is InChI=1S/C27H24F3N3O4/c1-26(2,16-19-5-11-22(34)12-6-19)37-24(35)15-18-3-7-20(8-4-18)25-31-17-33(32-25)21-9-13-23(14-10-21)36-27(28,29)30/h3-14,17,34H,15-16H2,1-2H3. The molecule has 0 saturated heterocycles. The summed E-state index contributed by atoms with van der Waals surface area (Å²) in [4.78, 5) is 16.8. The maximum atomic E-state index is 12.5. The lowest BCUT2D eigenvalue weighted by Gasteiger charge is -2.25. The van der Waals surface area contributed by atoms with Crippen LogP contribution in [0.1, 0.15) is 25.0 Å². The van der Waals surface area contributed by atoms with E-state index >= 15 is 0 Å². The van der Waals surface area contributed by atoms with Gasteiger partial charge in [0.25, 0.3) is 0 Å². The van der Waals surface area contributed by atoms with Gasteiger partial charge in [-0.15, -0.1) is 18.3 Å². The molecule has 0 aliphatic carbocycles. The average molecular weight is 512 g/mol. The average Bonchev–Trinajstić information content (AvgIpc) is 3.30. The number of rotatable bonds is 8. The monoisotopic (exact) mass is 511 g/mol. The number of ether oxygens (including phenoxy) is 2. The number of phenolic OH excluding ortho intramolecular Hbond substituents is 1. The van der Waals surface area contributed by atoms with E-state index in [0.29, 0.717) is 23.5 Å². The molecule has 1 heterocycles. The van der Waals surface area contributed by atoms with Crippen molar-refractivity contribution >= 4 is 5.97 Å². The van der Waals surface area contributed by atoms with Crippen LogP contribution < -0.4 is 4.74 Å². The van der Waals surface area contributed by atoms with Crippen molar-refractivity contribution in [2.75, 3.05) is 0 Å². The van der Waals surface area contributed by atoms with Crippen LogP contribution in [0, 0.1) is 0 Å². The molecule has 0 aliphatic rings. The Morgan fingerprint density at radius 2 is 1.54 bits per heavy atom. The topological polar surface area (TPSA) is 86.5 Å². The number of esters is 1. The molecule has 0 radical (unpaired) electrons. The first-order valence-corrected chi connectivity index (χ1v) is 11.3. The molecule has 0 unspecified atom stereocenters. The molecule has 1 aromatic heterocycles. The minimum atomic E-state index is -4.76. The van der Waals surface area contributed by atoms with Gasteiger partial charge in [0.2, 0.25) is 0 Å². The molecule has 0 saturated carbocycles. The van der Waals surface area contributed by atoms with Crippen molar-refractivity contribution in [3.05, 3.63) is 90.3 Å². The number of carbonyl (C=O) groups is 1. The zero-order valence-electron chi connectivity index (χ0n) is 20.1. The van der Waals surface area contributed by atoms with Crippen LogP contribution in [0.2, 0.25) is 0 Å². The van der Waals surface area contributed by atoms with Gasteiger partial charge in [-0.3, -0.25) is 4.79 Å². The molecule has 4 rings (SSSR count). The van der Waals surface area contributed by atoms with Crippen molar-refractivity contribution in [2.45, 2.75) is 38.7 Å². The Balaban J connectivity index is 1.35. The first kappa shape index (κ1) is 25.7. The van der Waals surface area contributed by atoms with Gasteiger partial charge < -0.3 is 14.6 Å². The number of nitrogens with zero attached hydrogens (tertiary/aromatic N) is 3. The molecule has 1 N–H and O–H groups in total. The van der Waals surface area contributed by atoms with Gasteiger partial charge in [-0.1, -0.05) is 36.4 Å². The Hall–Kier alpha value is -4.34. The van der Waals surface area contributed by atoms with Crippen LogP contribution in [0.5, 0.6) is 11.5 Å². The molecule has 0 amide bonds. The summed E-state index contributed by atoms with van der Waals surface area (Å²) >= 11 is 0. The fourth-order valence-electron chi connectivity index (χ4n) is 3.74. The van der Waals surface area contributed by atoms with Crippen LogP contribution >= 0.6 is 0 Å². The molecule has 4 aromatic rings. The Kier molecular flexibility index (Phi) is 7.19. The maximum Gasteiger partial charge on any atom is 0.573 e. The molecule has 0 fully saturated rings. The van der Waals surface area contributed by atoms with E-state index < -0.39 is 12.0 Å². The largest absolute Gasteiger partial charge is 0.573 e. The molecule has 0 aliphatic heterocycles. The van der Waals surface area contributed by atoms with E-state index in [0.717, 1.165) is 11.1 Å². The summed E-state index contributed by atoms with van der Waals surface area (Å²) in [6.45, 7) is 3.67. The predicted octanol–water partition coefficient (Wildman–Crippen LogP) is 5.65. The van der Waals surface area contributed by atoms with E-state index in [9.17, 15) is 23.1 Å². The third-order valence-corrected chi connectivity index (χ3v) is 5.34. The Labute approximate surface area is 211 Å². The Morgan fingerprint density at radius 1 is 0.919 bits per heavy atom.